The molecule has 1 aliphatic heterocycles. The van der Waals surface area contributed by atoms with Gasteiger partial charge in [-0.05, 0) is 26.0 Å². The minimum Gasteiger partial charge on any atom is -0.362 e. The highest BCUT2D eigenvalue weighted by Crippen LogP contribution is 2.28. The minimum absolute atomic E-state index is 0.0546. The molecule has 0 N–H and O–H groups in total. The third-order valence-electron chi connectivity index (χ3n) is 5.51. The normalized spacial score (nSPS) is 14.3. The summed E-state index contributed by atoms with van der Waals surface area (Å²) in [4.78, 5) is 40.6. The van der Waals surface area contributed by atoms with Crippen molar-refractivity contribution < 1.29 is 9.72 Å². The molecule has 9 heteroatoms. The number of fused-ring (bicyclic) bond motifs is 1. The monoisotopic (exact) mass is 421 g/mol. The van der Waals surface area contributed by atoms with Gasteiger partial charge in [0.2, 0.25) is 0 Å². The van der Waals surface area contributed by atoms with Gasteiger partial charge in [0.1, 0.15) is 5.69 Å². The first-order valence-electron chi connectivity index (χ1n) is 10.2. The highest BCUT2D eigenvalue weighted by Gasteiger charge is 2.28. The Balaban J connectivity index is 1.62. The first kappa shape index (κ1) is 20.5. The van der Waals surface area contributed by atoms with Crippen LogP contribution < -0.4 is 10.5 Å². The molecule has 1 amide bonds. The van der Waals surface area contributed by atoms with E-state index in [2.05, 4.69) is 5.10 Å². The molecule has 0 radical (unpaired) electrons. The van der Waals surface area contributed by atoms with E-state index in [9.17, 15) is 19.7 Å². The Morgan fingerprint density at radius 2 is 1.61 bits per heavy atom. The summed E-state index contributed by atoms with van der Waals surface area (Å²) in [6, 6.07) is 13.4. The van der Waals surface area contributed by atoms with Crippen LogP contribution in [-0.2, 0) is 0 Å². The predicted octanol–water partition coefficient (Wildman–Crippen LogP) is 2.85. The number of carbonyl (C=O) groups is 1. The van der Waals surface area contributed by atoms with Crippen LogP contribution in [0, 0.1) is 10.1 Å². The molecule has 0 bridgehead atoms. The minimum atomic E-state index is -0.391. The molecule has 0 spiro atoms. The maximum atomic E-state index is 13.3. The molecule has 1 fully saturated rings. The third-order valence-corrected chi connectivity index (χ3v) is 5.51. The van der Waals surface area contributed by atoms with Gasteiger partial charge in [-0.15, -0.1) is 0 Å². The van der Waals surface area contributed by atoms with E-state index >= 15 is 0 Å². The van der Waals surface area contributed by atoms with E-state index < -0.39 is 4.92 Å². The summed E-state index contributed by atoms with van der Waals surface area (Å²) in [5.41, 5.74) is 0.641. The van der Waals surface area contributed by atoms with Crippen LogP contribution in [0.1, 0.15) is 30.4 Å². The average Bonchev–Trinajstić information content (AvgIpc) is 2.79. The van der Waals surface area contributed by atoms with E-state index in [1.54, 1.807) is 47.4 Å². The Kier molecular flexibility index (Phi) is 5.41. The number of aromatic nitrogens is 2. The quantitative estimate of drug-likeness (QED) is 0.474. The Bertz CT molecular complexity index is 1210. The molecule has 1 aliphatic rings. The van der Waals surface area contributed by atoms with E-state index in [0.29, 0.717) is 42.6 Å². The van der Waals surface area contributed by atoms with Gasteiger partial charge in [-0.3, -0.25) is 19.7 Å². The van der Waals surface area contributed by atoms with Gasteiger partial charge in [-0.1, -0.05) is 30.3 Å². The molecule has 1 saturated heterocycles. The molecule has 31 heavy (non-hydrogen) atoms. The number of hydrogen-bond acceptors (Lipinski definition) is 6. The van der Waals surface area contributed by atoms with E-state index in [4.69, 9.17) is 0 Å². The number of nitro groups is 1. The Hall–Kier alpha value is -3.75. The van der Waals surface area contributed by atoms with Gasteiger partial charge in [0.25, 0.3) is 17.2 Å². The maximum absolute atomic E-state index is 13.3. The van der Waals surface area contributed by atoms with Crippen molar-refractivity contribution in [3.05, 3.63) is 74.7 Å². The fraction of sp³-hybridized carbons (Fsp3) is 0.318. The van der Waals surface area contributed by atoms with Crippen molar-refractivity contribution in [1.29, 1.82) is 0 Å². The molecule has 0 saturated carbocycles. The Morgan fingerprint density at radius 3 is 2.26 bits per heavy atom. The molecule has 0 atom stereocenters. The number of nitro benzene ring substituents is 1. The first-order valence-corrected chi connectivity index (χ1v) is 10.2. The summed E-state index contributed by atoms with van der Waals surface area (Å²) in [6.45, 7) is 5.45. The molecular weight excluding hydrogens is 398 g/mol. The number of rotatable bonds is 4. The second-order valence-corrected chi connectivity index (χ2v) is 7.76. The van der Waals surface area contributed by atoms with Gasteiger partial charge in [0, 0.05) is 37.6 Å². The van der Waals surface area contributed by atoms with Crippen LogP contribution in [-0.4, -0.2) is 51.7 Å². The molecule has 2 aromatic carbocycles. The summed E-state index contributed by atoms with van der Waals surface area (Å²) in [5, 5.41) is 16.7. The van der Waals surface area contributed by atoms with Crippen LogP contribution in [0.15, 0.2) is 53.3 Å². The topological polar surface area (TPSA) is 102 Å². The number of nitrogens with zero attached hydrogens (tertiary/aromatic N) is 5. The van der Waals surface area contributed by atoms with Crippen LogP contribution in [0.4, 0.5) is 11.4 Å². The SMILES string of the molecule is CC(C)n1nc(C(=O)N2CCN(c3ccccc3[N+](=O)[O-])CC2)c2ccccc2c1=O. The van der Waals surface area contributed by atoms with Crippen molar-refractivity contribution in [3.8, 4) is 0 Å². The molecule has 0 unspecified atom stereocenters. The Labute approximate surface area is 178 Å². The molecule has 1 aromatic heterocycles. The van der Waals surface area contributed by atoms with Crippen molar-refractivity contribution in [2.24, 2.45) is 0 Å². The van der Waals surface area contributed by atoms with E-state index in [1.807, 2.05) is 18.7 Å². The van der Waals surface area contributed by atoms with E-state index in [0.717, 1.165) is 0 Å². The lowest BCUT2D eigenvalue weighted by Gasteiger charge is -2.35. The molecular formula is C22H23N5O4. The lowest BCUT2D eigenvalue weighted by atomic mass is 10.1. The summed E-state index contributed by atoms with van der Waals surface area (Å²) in [6.07, 6.45) is 0. The number of amides is 1. The molecule has 9 nitrogen and oxygen atoms in total. The summed E-state index contributed by atoms with van der Waals surface area (Å²) >= 11 is 0. The zero-order chi connectivity index (χ0) is 22.1. The van der Waals surface area contributed by atoms with Crippen molar-refractivity contribution in [1.82, 2.24) is 14.7 Å². The molecule has 0 aliphatic carbocycles. The van der Waals surface area contributed by atoms with Crippen LogP contribution in [0.5, 0.6) is 0 Å². The number of hydrogen-bond donors (Lipinski definition) is 0. The number of piperazine rings is 1. The molecule has 2 heterocycles. The summed E-state index contributed by atoms with van der Waals surface area (Å²) < 4.78 is 1.35. The lowest BCUT2D eigenvalue weighted by Crippen LogP contribution is -2.49. The largest absolute Gasteiger partial charge is 0.362 e. The molecule has 160 valence electrons. The Morgan fingerprint density at radius 1 is 1.00 bits per heavy atom. The third kappa shape index (κ3) is 3.74. The van der Waals surface area contributed by atoms with E-state index in [-0.39, 0.29) is 28.9 Å². The smallest absolute Gasteiger partial charge is 0.292 e. The molecule has 4 rings (SSSR count). The summed E-state index contributed by atoms with van der Waals surface area (Å²) in [7, 11) is 0. The zero-order valence-electron chi connectivity index (χ0n) is 17.4. The predicted molar refractivity (Wildman–Crippen MR) is 118 cm³/mol. The average molecular weight is 421 g/mol. The second-order valence-electron chi connectivity index (χ2n) is 7.76. The number of para-hydroxylation sites is 2. The van der Waals surface area contributed by atoms with Gasteiger partial charge in [-0.25, -0.2) is 4.68 Å². The van der Waals surface area contributed by atoms with Gasteiger partial charge in [0.15, 0.2) is 5.69 Å². The van der Waals surface area contributed by atoms with Gasteiger partial charge >= 0.3 is 0 Å². The van der Waals surface area contributed by atoms with Gasteiger partial charge < -0.3 is 9.80 Å². The fourth-order valence-corrected chi connectivity index (χ4v) is 3.90. The van der Waals surface area contributed by atoms with Crippen LogP contribution in [0.25, 0.3) is 10.8 Å². The highest BCUT2D eigenvalue weighted by molar-refractivity contribution is 6.04. The molecule has 3 aromatic rings. The van der Waals surface area contributed by atoms with Crippen molar-refractivity contribution >= 4 is 28.1 Å². The van der Waals surface area contributed by atoms with Crippen LogP contribution in [0.3, 0.4) is 0 Å². The lowest BCUT2D eigenvalue weighted by molar-refractivity contribution is -0.384. The van der Waals surface area contributed by atoms with Gasteiger partial charge in [-0.2, -0.15) is 5.10 Å². The van der Waals surface area contributed by atoms with Crippen molar-refractivity contribution in [2.75, 3.05) is 31.1 Å². The van der Waals surface area contributed by atoms with Crippen molar-refractivity contribution in [2.45, 2.75) is 19.9 Å². The van der Waals surface area contributed by atoms with Crippen LogP contribution >= 0.6 is 0 Å². The fourth-order valence-electron chi connectivity index (χ4n) is 3.90. The van der Waals surface area contributed by atoms with Crippen molar-refractivity contribution in [3.63, 3.8) is 0 Å². The second kappa shape index (κ2) is 8.17. The standard InChI is InChI=1S/C22H23N5O4/c1-15(2)26-21(28)17-8-4-3-7-16(17)20(23-26)22(29)25-13-11-24(12-14-25)18-9-5-6-10-19(18)27(30)31/h3-10,15H,11-14H2,1-2H3. The zero-order valence-corrected chi connectivity index (χ0v) is 17.4. The van der Waals surface area contributed by atoms with Gasteiger partial charge in [0.05, 0.1) is 16.4 Å². The number of carbonyl (C=O) groups excluding carboxylic acids is 1. The number of benzene rings is 2. The summed E-state index contributed by atoms with van der Waals surface area (Å²) in [5.74, 6) is -0.243. The number of anilines is 1. The van der Waals surface area contributed by atoms with Crippen LogP contribution in [0.2, 0.25) is 0 Å². The maximum Gasteiger partial charge on any atom is 0.292 e. The first-order chi connectivity index (χ1) is 14.9. The highest BCUT2D eigenvalue weighted by atomic mass is 16.6. The van der Waals surface area contributed by atoms with E-state index in [1.165, 1.54) is 10.7 Å².